The number of rotatable bonds is 3. The lowest BCUT2D eigenvalue weighted by molar-refractivity contribution is 0.750. The topological polar surface area (TPSA) is 50.9 Å². The van der Waals surface area contributed by atoms with Gasteiger partial charge in [-0.25, -0.2) is 4.98 Å². The summed E-state index contributed by atoms with van der Waals surface area (Å²) in [5.41, 5.74) is 6.54. The molecule has 82 valence electrons. The molecule has 0 bridgehead atoms. The summed E-state index contributed by atoms with van der Waals surface area (Å²) < 4.78 is 0. The maximum atomic E-state index is 6.18. The average Bonchev–Trinajstić information content (AvgIpc) is 2.74. The van der Waals surface area contributed by atoms with E-state index in [1.807, 2.05) is 6.07 Å². The third kappa shape index (κ3) is 2.41. The Morgan fingerprint density at radius 2 is 2.20 bits per heavy atom. The first kappa shape index (κ1) is 10.7. The number of nitrogens with two attached hydrogens (primary N) is 1. The van der Waals surface area contributed by atoms with Crippen LogP contribution in [0.25, 0.3) is 0 Å². The van der Waals surface area contributed by atoms with Gasteiger partial charge in [-0.15, -0.1) is 0 Å². The van der Waals surface area contributed by atoms with Crippen LogP contribution in [0.3, 0.4) is 0 Å². The van der Waals surface area contributed by atoms with Crippen molar-refractivity contribution >= 4 is 17.4 Å². The Balaban J connectivity index is 2.13. The lowest BCUT2D eigenvalue weighted by atomic mass is 10.2. The first-order valence-electron chi connectivity index (χ1n) is 5.41. The third-order valence-electron chi connectivity index (χ3n) is 2.89. The minimum absolute atomic E-state index is 0.459. The number of nitrogens with zero attached hydrogens (tertiary/aromatic N) is 1. The first-order chi connectivity index (χ1) is 7.31. The second-order valence-corrected chi connectivity index (χ2v) is 4.34. The predicted octanol–water partition coefficient (Wildman–Crippen LogP) is 2.55. The molecule has 1 saturated carbocycles. The minimum atomic E-state index is 0.459. The molecule has 1 aromatic heterocycles. The first-order valence-corrected chi connectivity index (χ1v) is 5.79. The molecule has 3 nitrogen and oxygen atoms in total. The number of halogens is 1. The van der Waals surface area contributed by atoms with Gasteiger partial charge in [0, 0.05) is 18.8 Å². The van der Waals surface area contributed by atoms with E-state index in [2.05, 4.69) is 10.3 Å². The van der Waals surface area contributed by atoms with E-state index in [0.29, 0.717) is 17.6 Å². The molecule has 0 saturated heterocycles. The molecular formula is C11H16ClN3. The van der Waals surface area contributed by atoms with Gasteiger partial charge in [0.2, 0.25) is 0 Å². The Labute approximate surface area is 95.0 Å². The molecule has 0 unspecified atom stereocenters. The van der Waals surface area contributed by atoms with Crippen molar-refractivity contribution in [2.24, 2.45) is 5.73 Å². The van der Waals surface area contributed by atoms with Crippen LogP contribution >= 0.6 is 11.6 Å². The maximum Gasteiger partial charge on any atom is 0.145 e. The van der Waals surface area contributed by atoms with E-state index in [9.17, 15) is 0 Å². The van der Waals surface area contributed by atoms with Gasteiger partial charge in [0.25, 0.3) is 0 Å². The Hall–Kier alpha value is -0.800. The molecule has 1 aliphatic rings. The number of hydrogen-bond donors (Lipinski definition) is 2. The predicted molar refractivity (Wildman–Crippen MR) is 63.0 cm³/mol. The fraction of sp³-hybridized carbons (Fsp3) is 0.545. The fourth-order valence-electron chi connectivity index (χ4n) is 2.01. The molecule has 1 heterocycles. The van der Waals surface area contributed by atoms with E-state index in [0.717, 1.165) is 11.4 Å². The van der Waals surface area contributed by atoms with Crippen LogP contribution in [0.5, 0.6) is 0 Å². The van der Waals surface area contributed by atoms with Crippen LogP contribution in [-0.2, 0) is 6.54 Å². The second kappa shape index (κ2) is 4.81. The van der Waals surface area contributed by atoms with Gasteiger partial charge in [-0.1, -0.05) is 24.4 Å². The number of pyridine rings is 1. The molecule has 0 radical (unpaired) electrons. The van der Waals surface area contributed by atoms with E-state index in [1.165, 1.54) is 25.7 Å². The van der Waals surface area contributed by atoms with Crippen LogP contribution in [0.1, 0.15) is 31.2 Å². The summed E-state index contributed by atoms with van der Waals surface area (Å²) in [4.78, 5) is 4.25. The summed E-state index contributed by atoms with van der Waals surface area (Å²) >= 11 is 6.18. The highest BCUT2D eigenvalue weighted by Crippen LogP contribution is 2.27. The molecule has 1 aromatic rings. The minimum Gasteiger partial charge on any atom is -0.366 e. The van der Waals surface area contributed by atoms with Gasteiger partial charge in [-0.05, 0) is 24.5 Å². The molecular weight excluding hydrogens is 210 g/mol. The van der Waals surface area contributed by atoms with Crippen LogP contribution in [0.2, 0.25) is 5.02 Å². The Morgan fingerprint density at radius 1 is 1.47 bits per heavy atom. The van der Waals surface area contributed by atoms with Crippen molar-refractivity contribution < 1.29 is 0 Å². The molecule has 3 N–H and O–H groups in total. The summed E-state index contributed by atoms with van der Waals surface area (Å²) in [7, 11) is 0. The molecule has 0 amide bonds. The van der Waals surface area contributed by atoms with Crippen molar-refractivity contribution in [3.63, 3.8) is 0 Å². The molecule has 15 heavy (non-hydrogen) atoms. The number of nitrogens with one attached hydrogen (secondary N) is 1. The standard InChI is InChI=1S/C11H16ClN3/c12-10-8(7-13)5-6-14-11(10)15-9-3-1-2-4-9/h5-6,9H,1-4,7,13H2,(H,14,15). The summed E-state index contributed by atoms with van der Waals surface area (Å²) in [5, 5.41) is 4.06. The van der Waals surface area contributed by atoms with Crippen molar-refractivity contribution in [3.8, 4) is 0 Å². The Bertz CT molecular complexity index is 335. The third-order valence-corrected chi connectivity index (χ3v) is 3.31. The van der Waals surface area contributed by atoms with Crippen molar-refractivity contribution in [3.05, 3.63) is 22.8 Å². The van der Waals surface area contributed by atoms with Crippen LogP contribution in [0.4, 0.5) is 5.82 Å². The van der Waals surface area contributed by atoms with Crippen LogP contribution < -0.4 is 11.1 Å². The number of hydrogen-bond acceptors (Lipinski definition) is 3. The molecule has 0 aromatic carbocycles. The van der Waals surface area contributed by atoms with E-state index in [4.69, 9.17) is 17.3 Å². The second-order valence-electron chi connectivity index (χ2n) is 3.96. The number of aromatic nitrogens is 1. The monoisotopic (exact) mass is 225 g/mol. The van der Waals surface area contributed by atoms with E-state index in [-0.39, 0.29) is 0 Å². The summed E-state index contributed by atoms with van der Waals surface area (Å²) in [6.45, 7) is 0.459. The zero-order valence-corrected chi connectivity index (χ0v) is 9.43. The van der Waals surface area contributed by atoms with Crippen LogP contribution in [0, 0.1) is 0 Å². The summed E-state index contributed by atoms with van der Waals surface area (Å²) in [5.74, 6) is 0.784. The molecule has 2 rings (SSSR count). The molecule has 0 spiro atoms. The van der Waals surface area contributed by atoms with Gasteiger partial charge in [0.1, 0.15) is 5.82 Å². The van der Waals surface area contributed by atoms with Gasteiger partial charge in [0.05, 0.1) is 5.02 Å². The smallest absolute Gasteiger partial charge is 0.145 e. The van der Waals surface area contributed by atoms with Gasteiger partial charge in [0.15, 0.2) is 0 Å². The molecule has 4 heteroatoms. The highest BCUT2D eigenvalue weighted by molar-refractivity contribution is 6.33. The van der Waals surface area contributed by atoms with Crippen molar-refractivity contribution in [2.75, 3.05) is 5.32 Å². The highest BCUT2D eigenvalue weighted by atomic mass is 35.5. The fourth-order valence-corrected chi connectivity index (χ4v) is 2.25. The lowest BCUT2D eigenvalue weighted by Crippen LogP contribution is -2.16. The number of anilines is 1. The highest BCUT2D eigenvalue weighted by Gasteiger charge is 2.16. The molecule has 1 fully saturated rings. The Morgan fingerprint density at radius 3 is 2.87 bits per heavy atom. The molecule has 0 aliphatic heterocycles. The largest absolute Gasteiger partial charge is 0.366 e. The van der Waals surface area contributed by atoms with E-state index in [1.54, 1.807) is 6.20 Å². The van der Waals surface area contributed by atoms with Gasteiger partial charge >= 0.3 is 0 Å². The average molecular weight is 226 g/mol. The van der Waals surface area contributed by atoms with Gasteiger partial charge in [-0.3, -0.25) is 0 Å². The van der Waals surface area contributed by atoms with Crippen molar-refractivity contribution in [1.29, 1.82) is 0 Å². The van der Waals surface area contributed by atoms with Crippen molar-refractivity contribution in [1.82, 2.24) is 4.98 Å². The van der Waals surface area contributed by atoms with Gasteiger partial charge < -0.3 is 11.1 Å². The van der Waals surface area contributed by atoms with E-state index >= 15 is 0 Å². The van der Waals surface area contributed by atoms with E-state index < -0.39 is 0 Å². The zero-order chi connectivity index (χ0) is 10.7. The van der Waals surface area contributed by atoms with Crippen molar-refractivity contribution in [2.45, 2.75) is 38.3 Å². The zero-order valence-electron chi connectivity index (χ0n) is 8.67. The quantitative estimate of drug-likeness (QED) is 0.831. The van der Waals surface area contributed by atoms with Crippen LogP contribution in [-0.4, -0.2) is 11.0 Å². The SMILES string of the molecule is NCc1ccnc(NC2CCCC2)c1Cl. The Kier molecular flexibility index (Phi) is 3.44. The normalized spacial score (nSPS) is 16.9. The lowest BCUT2D eigenvalue weighted by Gasteiger charge is -2.14. The van der Waals surface area contributed by atoms with Crippen LogP contribution in [0.15, 0.2) is 12.3 Å². The van der Waals surface area contributed by atoms with Gasteiger partial charge in [-0.2, -0.15) is 0 Å². The molecule has 0 atom stereocenters. The maximum absolute atomic E-state index is 6.18. The molecule has 1 aliphatic carbocycles. The summed E-state index contributed by atoms with van der Waals surface area (Å²) in [6.07, 6.45) is 6.78. The summed E-state index contributed by atoms with van der Waals surface area (Å²) in [6, 6.07) is 2.39.